The molecule has 0 saturated carbocycles. The normalized spacial score (nSPS) is 8.57. The van der Waals surface area contributed by atoms with Crippen LogP contribution in [0.1, 0.15) is 34.6 Å². The lowest BCUT2D eigenvalue weighted by molar-refractivity contribution is -0.134. The van der Waals surface area contributed by atoms with E-state index in [0.717, 1.165) is 29.2 Å². The molecule has 3 aromatic rings. The molecular formula is C19H25NO3. The number of carboxylic acid groups (broad SMARTS) is 1. The molecular weight excluding hydrogens is 290 g/mol. The lowest BCUT2D eigenvalue weighted by atomic mass is 10.1. The van der Waals surface area contributed by atoms with E-state index in [1.165, 1.54) is 0 Å². The van der Waals surface area contributed by atoms with Gasteiger partial charge in [0.2, 0.25) is 0 Å². The van der Waals surface area contributed by atoms with Crippen molar-refractivity contribution in [2.45, 2.75) is 34.6 Å². The number of aliphatic carboxylic acids is 1. The Hall–Kier alpha value is -2.62. The molecule has 0 aliphatic heterocycles. The monoisotopic (exact) mass is 315 g/mol. The molecule has 0 amide bonds. The summed E-state index contributed by atoms with van der Waals surface area (Å²) in [4.78, 5) is 9.00. The van der Waals surface area contributed by atoms with Crippen molar-refractivity contribution in [1.29, 1.82) is 0 Å². The van der Waals surface area contributed by atoms with Gasteiger partial charge in [0.15, 0.2) is 5.58 Å². The van der Waals surface area contributed by atoms with Crippen LogP contribution in [0.25, 0.3) is 22.2 Å². The number of hydrogen-bond donors (Lipinski definition) is 1. The summed E-state index contributed by atoms with van der Waals surface area (Å²) in [5.41, 5.74) is 2.82. The summed E-state index contributed by atoms with van der Waals surface area (Å²) in [5, 5.41) is 12.6. The Labute approximate surface area is 137 Å². The van der Waals surface area contributed by atoms with Gasteiger partial charge in [0.1, 0.15) is 5.69 Å². The molecule has 0 atom stereocenters. The summed E-state index contributed by atoms with van der Waals surface area (Å²) in [6, 6.07) is 17.9. The summed E-state index contributed by atoms with van der Waals surface area (Å²) in [6.07, 6.45) is 0. The molecule has 3 rings (SSSR count). The molecule has 0 bridgehead atoms. The zero-order valence-corrected chi connectivity index (χ0v) is 14.4. The van der Waals surface area contributed by atoms with Gasteiger partial charge in [-0.05, 0) is 12.1 Å². The molecule has 0 spiro atoms. The Bertz CT molecular complexity index is 671. The third kappa shape index (κ3) is 6.78. The predicted octanol–water partition coefficient (Wildman–Crippen LogP) is 5.64. The second-order valence-electron chi connectivity index (χ2n) is 3.91. The highest BCUT2D eigenvalue weighted by molar-refractivity contribution is 5.91. The summed E-state index contributed by atoms with van der Waals surface area (Å²) in [7, 11) is 0. The van der Waals surface area contributed by atoms with Crippen molar-refractivity contribution in [1.82, 2.24) is 5.16 Å². The first-order valence-electron chi connectivity index (χ1n) is 7.78. The van der Waals surface area contributed by atoms with E-state index >= 15 is 0 Å². The molecule has 0 fully saturated rings. The van der Waals surface area contributed by atoms with E-state index in [9.17, 15) is 0 Å². The molecule has 4 nitrogen and oxygen atoms in total. The molecule has 1 heterocycles. The molecule has 0 unspecified atom stereocenters. The van der Waals surface area contributed by atoms with Crippen molar-refractivity contribution < 1.29 is 14.4 Å². The maximum atomic E-state index is 9.00. The smallest absolute Gasteiger partial charge is 0.300 e. The quantitative estimate of drug-likeness (QED) is 0.631. The fourth-order valence-electron chi connectivity index (χ4n) is 1.69. The van der Waals surface area contributed by atoms with Gasteiger partial charge in [-0.25, -0.2) is 0 Å². The van der Waals surface area contributed by atoms with Crippen LogP contribution in [0.5, 0.6) is 0 Å². The number of hydrogen-bond acceptors (Lipinski definition) is 3. The van der Waals surface area contributed by atoms with Crippen LogP contribution in [0.3, 0.4) is 0 Å². The number of para-hydroxylation sites is 1. The molecule has 23 heavy (non-hydrogen) atoms. The lowest BCUT2D eigenvalue weighted by Gasteiger charge is -1.94. The van der Waals surface area contributed by atoms with Crippen molar-refractivity contribution in [2.24, 2.45) is 0 Å². The zero-order valence-electron chi connectivity index (χ0n) is 14.4. The van der Waals surface area contributed by atoms with Crippen LogP contribution in [-0.4, -0.2) is 16.2 Å². The molecule has 0 aliphatic carbocycles. The first kappa shape index (κ1) is 20.4. The van der Waals surface area contributed by atoms with Gasteiger partial charge in [-0.15, -0.1) is 0 Å². The first-order chi connectivity index (χ1) is 11.2. The summed E-state index contributed by atoms with van der Waals surface area (Å²) in [5.74, 6) is -0.833. The van der Waals surface area contributed by atoms with Gasteiger partial charge in [-0.2, -0.15) is 0 Å². The Kier molecular flexibility index (Phi) is 10.6. The molecule has 0 saturated heterocycles. The van der Waals surface area contributed by atoms with Gasteiger partial charge in [-0.3, -0.25) is 4.79 Å². The summed E-state index contributed by atoms with van der Waals surface area (Å²) >= 11 is 0. The van der Waals surface area contributed by atoms with Crippen molar-refractivity contribution in [3.63, 3.8) is 0 Å². The van der Waals surface area contributed by atoms with E-state index in [0.29, 0.717) is 0 Å². The van der Waals surface area contributed by atoms with E-state index in [1.54, 1.807) is 0 Å². The standard InChI is InChI=1S/C13H9NO.C2H4O2.2C2H6/c1-2-6-10(7-3-1)13-11-8-4-5-9-12(11)15-14-13;1-2(3)4;2*1-2/h1-9H;1H3,(H,3,4);2*1-2H3. The minimum absolute atomic E-state index is 0.830. The van der Waals surface area contributed by atoms with E-state index in [-0.39, 0.29) is 0 Å². The van der Waals surface area contributed by atoms with Gasteiger partial charge in [0.05, 0.1) is 0 Å². The van der Waals surface area contributed by atoms with E-state index in [1.807, 2.05) is 82.3 Å². The van der Waals surface area contributed by atoms with Crippen molar-refractivity contribution in [2.75, 3.05) is 0 Å². The topological polar surface area (TPSA) is 63.3 Å². The number of benzene rings is 2. The average Bonchev–Trinajstić information content (AvgIpc) is 3.03. The highest BCUT2D eigenvalue weighted by Gasteiger charge is 2.08. The highest BCUT2D eigenvalue weighted by Crippen LogP contribution is 2.26. The van der Waals surface area contributed by atoms with Gasteiger partial charge >= 0.3 is 0 Å². The van der Waals surface area contributed by atoms with Crippen LogP contribution in [0, 0.1) is 0 Å². The van der Waals surface area contributed by atoms with Gasteiger partial charge in [-0.1, -0.05) is 75.3 Å². The minimum Gasteiger partial charge on any atom is -0.481 e. The van der Waals surface area contributed by atoms with Crippen LogP contribution < -0.4 is 0 Å². The first-order valence-corrected chi connectivity index (χ1v) is 7.78. The largest absolute Gasteiger partial charge is 0.481 e. The number of aromatic nitrogens is 1. The van der Waals surface area contributed by atoms with E-state index < -0.39 is 5.97 Å². The van der Waals surface area contributed by atoms with E-state index in [2.05, 4.69) is 5.16 Å². The number of carboxylic acids is 1. The maximum absolute atomic E-state index is 9.00. The Morgan fingerprint density at radius 3 is 1.96 bits per heavy atom. The second kappa shape index (κ2) is 12.0. The summed E-state index contributed by atoms with van der Waals surface area (Å²) in [6.45, 7) is 9.08. The third-order valence-corrected chi connectivity index (χ3v) is 2.42. The molecule has 2 aromatic carbocycles. The van der Waals surface area contributed by atoms with Crippen LogP contribution in [0.4, 0.5) is 0 Å². The number of carbonyl (C=O) groups is 1. The Balaban J connectivity index is 0.000000523. The summed E-state index contributed by atoms with van der Waals surface area (Å²) < 4.78 is 5.25. The van der Waals surface area contributed by atoms with Gasteiger partial charge in [0.25, 0.3) is 5.97 Å². The van der Waals surface area contributed by atoms with Crippen LogP contribution in [-0.2, 0) is 4.79 Å². The highest BCUT2D eigenvalue weighted by atomic mass is 16.5. The van der Waals surface area contributed by atoms with Crippen molar-refractivity contribution >= 4 is 16.9 Å². The zero-order chi connectivity index (χ0) is 17.7. The second-order valence-corrected chi connectivity index (χ2v) is 3.91. The maximum Gasteiger partial charge on any atom is 0.300 e. The van der Waals surface area contributed by atoms with Gasteiger partial charge < -0.3 is 9.63 Å². The fraction of sp³-hybridized carbons (Fsp3) is 0.263. The third-order valence-electron chi connectivity index (χ3n) is 2.42. The predicted molar refractivity (Wildman–Crippen MR) is 95.5 cm³/mol. The number of fused-ring (bicyclic) bond motifs is 1. The van der Waals surface area contributed by atoms with E-state index in [4.69, 9.17) is 14.4 Å². The Morgan fingerprint density at radius 1 is 0.913 bits per heavy atom. The molecule has 124 valence electrons. The SMILES string of the molecule is CC.CC.CC(=O)O.c1ccc(-c2noc3ccccc23)cc1. The lowest BCUT2D eigenvalue weighted by Crippen LogP contribution is -1.78. The molecule has 0 aliphatic rings. The minimum atomic E-state index is -0.833. The Morgan fingerprint density at radius 2 is 1.39 bits per heavy atom. The number of rotatable bonds is 1. The fourth-order valence-corrected chi connectivity index (χ4v) is 1.69. The van der Waals surface area contributed by atoms with Crippen LogP contribution in [0.2, 0.25) is 0 Å². The average molecular weight is 315 g/mol. The number of nitrogens with zero attached hydrogens (tertiary/aromatic N) is 1. The van der Waals surface area contributed by atoms with Crippen molar-refractivity contribution in [3.05, 3.63) is 54.6 Å². The van der Waals surface area contributed by atoms with Crippen LogP contribution >= 0.6 is 0 Å². The molecule has 1 N–H and O–H groups in total. The van der Waals surface area contributed by atoms with Crippen molar-refractivity contribution in [3.8, 4) is 11.3 Å². The van der Waals surface area contributed by atoms with Gasteiger partial charge in [0, 0.05) is 17.9 Å². The molecule has 1 aromatic heterocycles. The van der Waals surface area contributed by atoms with Crippen LogP contribution in [0.15, 0.2) is 59.1 Å². The molecule has 4 heteroatoms. The molecule has 0 radical (unpaired) electrons.